The molecule has 0 fully saturated rings. The fourth-order valence-corrected chi connectivity index (χ4v) is 4.02. The third-order valence-electron chi connectivity index (χ3n) is 4.07. The summed E-state index contributed by atoms with van der Waals surface area (Å²) in [5.41, 5.74) is 0. The lowest BCUT2D eigenvalue weighted by Gasteiger charge is -2.17. The van der Waals surface area contributed by atoms with Crippen molar-refractivity contribution in [3.8, 4) is 0 Å². The molecule has 142 valence electrons. The molecule has 1 heterocycles. The average Bonchev–Trinajstić information content (AvgIpc) is 3.10. The number of carbonyl (C=O) groups is 1. The molecule has 26 heavy (non-hydrogen) atoms. The van der Waals surface area contributed by atoms with Crippen LogP contribution in [0.25, 0.3) is 0 Å². The third-order valence-corrected chi connectivity index (χ3v) is 5.91. The summed E-state index contributed by atoms with van der Waals surface area (Å²) < 4.78 is 17.9. The first-order chi connectivity index (χ1) is 12.5. The predicted octanol–water partition coefficient (Wildman–Crippen LogP) is 3.70. The van der Waals surface area contributed by atoms with Crippen LogP contribution >= 0.6 is 11.6 Å². The minimum absolute atomic E-state index is 0.180. The highest BCUT2D eigenvalue weighted by molar-refractivity contribution is 7.84. The second-order valence-corrected chi connectivity index (χ2v) is 7.65. The maximum atomic E-state index is 12.4. The highest BCUT2D eigenvalue weighted by Crippen LogP contribution is 2.22. The molecule has 0 unspecified atom stereocenters. The van der Waals surface area contributed by atoms with Gasteiger partial charge < -0.3 is 14.6 Å². The number of furan rings is 1. The van der Waals surface area contributed by atoms with E-state index in [2.05, 4.69) is 24.1 Å². The minimum Gasteiger partial charge on any atom is -0.455 e. The Balaban J connectivity index is 1.84. The Hall–Kier alpha value is -1.63. The summed E-state index contributed by atoms with van der Waals surface area (Å²) in [4.78, 5) is 15.0. The van der Waals surface area contributed by atoms with E-state index in [1.165, 1.54) is 0 Å². The summed E-state index contributed by atoms with van der Waals surface area (Å²) in [5.74, 6) is 0.661. The van der Waals surface area contributed by atoms with Gasteiger partial charge in [-0.15, -0.1) is 0 Å². The van der Waals surface area contributed by atoms with Crippen molar-refractivity contribution in [2.75, 3.05) is 26.2 Å². The average molecular weight is 397 g/mol. The van der Waals surface area contributed by atoms with Crippen LogP contribution in [-0.2, 0) is 16.6 Å². The van der Waals surface area contributed by atoms with Gasteiger partial charge in [0, 0.05) is 6.54 Å². The van der Waals surface area contributed by atoms with Gasteiger partial charge in [0.2, 0.25) is 0 Å². The van der Waals surface area contributed by atoms with Gasteiger partial charge in [-0.05, 0) is 50.3 Å². The summed E-state index contributed by atoms with van der Waals surface area (Å²) in [6.45, 7) is 7.81. The van der Waals surface area contributed by atoms with Crippen LogP contribution in [-0.4, -0.2) is 41.2 Å². The second-order valence-electron chi connectivity index (χ2n) is 5.82. The molecule has 0 aliphatic heterocycles. The number of nitrogens with one attached hydrogen (secondary N) is 1. The molecule has 1 atom stereocenters. The molecule has 0 radical (unpaired) electrons. The van der Waals surface area contributed by atoms with Crippen molar-refractivity contribution < 1.29 is 13.4 Å². The first kappa shape index (κ1) is 20.7. The number of hydrogen-bond acceptors (Lipinski definition) is 4. The Morgan fingerprint density at radius 1 is 1.19 bits per heavy atom. The van der Waals surface area contributed by atoms with E-state index >= 15 is 0 Å². The number of hydrogen-bond donors (Lipinski definition) is 1. The molecule has 2 rings (SSSR count). The molecule has 1 aromatic heterocycles. The van der Waals surface area contributed by atoms with Gasteiger partial charge >= 0.3 is 0 Å². The zero-order chi connectivity index (χ0) is 18.9. The van der Waals surface area contributed by atoms with Crippen LogP contribution in [0, 0.1) is 0 Å². The molecule has 1 amide bonds. The first-order valence-electron chi connectivity index (χ1n) is 8.77. The highest BCUT2D eigenvalue weighted by atomic mass is 35.5. The number of amides is 1. The first-order valence-corrected chi connectivity index (χ1v) is 10.5. The molecular weight excluding hydrogens is 372 g/mol. The van der Waals surface area contributed by atoms with E-state index in [1.807, 2.05) is 0 Å². The number of nitrogens with zero attached hydrogens (tertiary/aromatic N) is 1. The van der Waals surface area contributed by atoms with Crippen molar-refractivity contribution in [3.05, 3.63) is 52.9 Å². The van der Waals surface area contributed by atoms with Crippen LogP contribution in [0.3, 0.4) is 0 Å². The van der Waals surface area contributed by atoms with E-state index in [4.69, 9.17) is 16.0 Å². The molecule has 0 aliphatic rings. The predicted molar refractivity (Wildman–Crippen MR) is 105 cm³/mol. The van der Waals surface area contributed by atoms with Crippen LogP contribution in [0.1, 0.15) is 36.6 Å². The van der Waals surface area contributed by atoms with Gasteiger partial charge in [0.05, 0.1) is 26.5 Å². The van der Waals surface area contributed by atoms with Gasteiger partial charge in [0.1, 0.15) is 5.76 Å². The molecule has 2 aromatic rings. The topological polar surface area (TPSA) is 62.6 Å². The van der Waals surface area contributed by atoms with Gasteiger partial charge in [-0.2, -0.15) is 0 Å². The fourth-order valence-electron chi connectivity index (χ4n) is 2.55. The molecule has 0 bridgehead atoms. The minimum atomic E-state index is -1.32. The maximum Gasteiger partial charge on any atom is 0.286 e. The molecule has 0 saturated heterocycles. The van der Waals surface area contributed by atoms with E-state index in [-0.39, 0.29) is 17.4 Å². The van der Waals surface area contributed by atoms with Crippen molar-refractivity contribution in [2.24, 2.45) is 0 Å². The van der Waals surface area contributed by atoms with Gasteiger partial charge in [-0.25, -0.2) is 0 Å². The third kappa shape index (κ3) is 5.97. The van der Waals surface area contributed by atoms with E-state index in [1.54, 1.807) is 36.4 Å². The van der Waals surface area contributed by atoms with Gasteiger partial charge in [0.25, 0.3) is 5.91 Å². The Morgan fingerprint density at radius 3 is 2.62 bits per heavy atom. The van der Waals surface area contributed by atoms with Crippen LogP contribution < -0.4 is 5.32 Å². The zero-order valence-electron chi connectivity index (χ0n) is 15.2. The Morgan fingerprint density at radius 2 is 1.92 bits per heavy atom. The number of halogens is 1. The van der Waals surface area contributed by atoms with Crippen molar-refractivity contribution in [1.29, 1.82) is 0 Å². The molecule has 0 saturated carbocycles. The molecule has 1 aromatic carbocycles. The number of benzene rings is 1. The lowest BCUT2D eigenvalue weighted by molar-refractivity contribution is 0.0922. The van der Waals surface area contributed by atoms with Crippen LogP contribution in [0.2, 0.25) is 5.02 Å². The summed E-state index contributed by atoms with van der Waals surface area (Å²) in [6, 6.07) is 10.3. The van der Waals surface area contributed by atoms with Gasteiger partial charge in [-0.1, -0.05) is 37.6 Å². The van der Waals surface area contributed by atoms with E-state index < -0.39 is 10.8 Å². The quantitative estimate of drug-likeness (QED) is 0.622. The standard InChI is InChI=1S/C19H25ClN2O3S/c1-3-22(4-2)13-7-12-21-19(23)17-11-10-15(25-17)14-26(24)18-9-6-5-8-16(18)20/h5-6,8-11H,3-4,7,12-14H2,1-2H3,(H,21,23)/t26-/m1/s1. The number of rotatable bonds is 10. The highest BCUT2D eigenvalue weighted by Gasteiger charge is 2.14. The SMILES string of the molecule is CCN(CC)CCCNC(=O)c1ccc(C[S@@](=O)c2ccccc2Cl)o1. The molecule has 7 heteroatoms. The summed E-state index contributed by atoms with van der Waals surface area (Å²) in [7, 11) is -1.32. The normalized spacial score (nSPS) is 12.3. The molecule has 0 aliphatic carbocycles. The molecule has 5 nitrogen and oxygen atoms in total. The van der Waals surface area contributed by atoms with Crippen molar-refractivity contribution in [1.82, 2.24) is 10.2 Å². The Kier molecular flexibility index (Phi) is 8.35. The summed E-state index contributed by atoms with van der Waals surface area (Å²) >= 11 is 6.06. The van der Waals surface area contributed by atoms with Gasteiger partial charge in [-0.3, -0.25) is 9.00 Å². The molecule has 0 spiro atoms. The van der Waals surface area contributed by atoms with Crippen molar-refractivity contribution in [3.63, 3.8) is 0 Å². The summed E-state index contributed by atoms with van der Waals surface area (Å²) in [6.07, 6.45) is 0.886. The van der Waals surface area contributed by atoms with Crippen LogP contribution in [0.4, 0.5) is 0 Å². The lowest BCUT2D eigenvalue weighted by Crippen LogP contribution is -2.29. The van der Waals surface area contributed by atoms with Gasteiger partial charge in [0.15, 0.2) is 5.76 Å². The molecule has 1 N–H and O–H groups in total. The van der Waals surface area contributed by atoms with Crippen LogP contribution in [0.15, 0.2) is 45.7 Å². The smallest absolute Gasteiger partial charge is 0.286 e. The second kappa shape index (κ2) is 10.5. The van der Waals surface area contributed by atoms with Crippen LogP contribution in [0.5, 0.6) is 0 Å². The fraction of sp³-hybridized carbons (Fsp3) is 0.421. The Bertz CT molecular complexity index is 744. The largest absolute Gasteiger partial charge is 0.455 e. The van der Waals surface area contributed by atoms with Crippen molar-refractivity contribution >= 4 is 28.3 Å². The number of carbonyl (C=O) groups excluding carboxylic acids is 1. The van der Waals surface area contributed by atoms with E-state index in [0.29, 0.717) is 22.2 Å². The zero-order valence-corrected chi connectivity index (χ0v) is 16.7. The van der Waals surface area contributed by atoms with Crippen molar-refractivity contribution in [2.45, 2.75) is 30.9 Å². The maximum absolute atomic E-state index is 12.4. The van der Waals surface area contributed by atoms with E-state index in [9.17, 15) is 9.00 Å². The lowest BCUT2D eigenvalue weighted by atomic mass is 10.3. The Labute approximate surface area is 162 Å². The summed E-state index contributed by atoms with van der Waals surface area (Å²) in [5, 5.41) is 3.32. The molecular formula is C19H25ClN2O3S. The monoisotopic (exact) mass is 396 g/mol. The van der Waals surface area contributed by atoms with E-state index in [0.717, 1.165) is 26.1 Å².